The molecule has 0 amide bonds. The minimum atomic E-state index is -0.192. The van der Waals surface area contributed by atoms with Crippen LogP contribution in [0.15, 0.2) is 18.2 Å². The lowest BCUT2D eigenvalue weighted by Gasteiger charge is -2.40. The summed E-state index contributed by atoms with van der Waals surface area (Å²) in [6, 6.07) is 6.47. The number of fused-ring (bicyclic) bond motifs is 2. The van der Waals surface area contributed by atoms with E-state index in [1.165, 1.54) is 18.9 Å². The fourth-order valence-electron chi connectivity index (χ4n) is 4.12. The molecule has 3 rings (SSSR count). The van der Waals surface area contributed by atoms with Gasteiger partial charge in [-0.15, -0.1) is 0 Å². The Morgan fingerprint density at radius 3 is 2.50 bits per heavy atom. The standard InChI is InChI=1S/C16H22ClFN2/c1-19-16(14-6-3-11(17)9-15(14)18)10-7-12-4-5-13(8-10)20(12)2/h3,6,9-10,12-13,16,19H,4-5,7-8H2,1-2H3. The zero-order valence-electron chi connectivity index (χ0n) is 12.1. The molecule has 3 unspecified atom stereocenters. The van der Waals surface area contributed by atoms with Crippen LogP contribution in [0.3, 0.4) is 0 Å². The summed E-state index contributed by atoms with van der Waals surface area (Å²) < 4.78 is 14.2. The average molecular weight is 297 g/mol. The van der Waals surface area contributed by atoms with Crippen LogP contribution in [0.2, 0.25) is 5.02 Å². The number of benzene rings is 1. The second kappa shape index (κ2) is 5.63. The first-order chi connectivity index (χ1) is 9.60. The van der Waals surface area contributed by atoms with E-state index in [2.05, 4.69) is 17.3 Å². The van der Waals surface area contributed by atoms with E-state index in [9.17, 15) is 4.39 Å². The number of halogens is 2. The average Bonchev–Trinajstić information content (AvgIpc) is 2.64. The number of hydrogen-bond donors (Lipinski definition) is 1. The van der Waals surface area contributed by atoms with Gasteiger partial charge in [0.15, 0.2) is 0 Å². The molecule has 110 valence electrons. The van der Waals surface area contributed by atoms with E-state index in [0.29, 0.717) is 23.0 Å². The summed E-state index contributed by atoms with van der Waals surface area (Å²) in [6.07, 6.45) is 4.88. The van der Waals surface area contributed by atoms with E-state index >= 15 is 0 Å². The van der Waals surface area contributed by atoms with Crippen LogP contribution in [0, 0.1) is 11.7 Å². The molecule has 2 bridgehead atoms. The van der Waals surface area contributed by atoms with Gasteiger partial charge in [0.25, 0.3) is 0 Å². The van der Waals surface area contributed by atoms with Crippen LogP contribution >= 0.6 is 11.6 Å². The van der Waals surface area contributed by atoms with Gasteiger partial charge >= 0.3 is 0 Å². The van der Waals surface area contributed by atoms with Crippen molar-refractivity contribution in [3.05, 3.63) is 34.6 Å². The van der Waals surface area contributed by atoms with Gasteiger partial charge in [0.1, 0.15) is 5.82 Å². The van der Waals surface area contributed by atoms with Gasteiger partial charge in [-0.05, 0) is 57.8 Å². The molecule has 20 heavy (non-hydrogen) atoms. The van der Waals surface area contributed by atoms with Crippen molar-refractivity contribution >= 4 is 11.6 Å². The summed E-state index contributed by atoms with van der Waals surface area (Å²) in [5.41, 5.74) is 0.755. The van der Waals surface area contributed by atoms with Crippen molar-refractivity contribution in [3.63, 3.8) is 0 Å². The third-order valence-electron chi connectivity index (χ3n) is 5.21. The molecule has 2 fully saturated rings. The predicted molar refractivity (Wildman–Crippen MR) is 80.5 cm³/mol. The molecule has 2 nitrogen and oxygen atoms in total. The molecule has 1 aromatic carbocycles. The molecule has 2 heterocycles. The molecule has 4 heteroatoms. The molecule has 1 N–H and O–H groups in total. The highest BCUT2D eigenvalue weighted by molar-refractivity contribution is 6.30. The maximum Gasteiger partial charge on any atom is 0.129 e. The monoisotopic (exact) mass is 296 g/mol. The molecule has 0 spiro atoms. The van der Waals surface area contributed by atoms with Crippen LogP contribution in [0.25, 0.3) is 0 Å². The number of nitrogens with zero attached hydrogens (tertiary/aromatic N) is 1. The Balaban J connectivity index is 1.83. The van der Waals surface area contributed by atoms with Gasteiger partial charge in [0, 0.05) is 28.7 Å². The van der Waals surface area contributed by atoms with Crippen LogP contribution < -0.4 is 5.32 Å². The fourth-order valence-corrected chi connectivity index (χ4v) is 4.28. The Hall–Kier alpha value is -0.640. The van der Waals surface area contributed by atoms with Crippen LogP contribution in [-0.4, -0.2) is 31.1 Å². The highest BCUT2D eigenvalue weighted by Gasteiger charge is 2.41. The van der Waals surface area contributed by atoms with Crippen molar-refractivity contribution in [1.82, 2.24) is 10.2 Å². The minimum absolute atomic E-state index is 0.0871. The van der Waals surface area contributed by atoms with Gasteiger partial charge < -0.3 is 10.2 Å². The van der Waals surface area contributed by atoms with E-state index in [1.54, 1.807) is 6.07 Å². The Bertz CT molecular complexity index is 479. The number of nitrogens with one attached hydrogen (secondary N) is 1. The van der Waals surface area contributed by atoms with E-state index in [1.807, 2.05) is 13.1 Å². The molecule has 3 atom stereocenters. The molecule has 0 aliphatic carbocycles. The SMILES string of the molecule is CNC(c1ccc(Cl)cc1F)C1CC2CCC(C1)N2C. The molecule has 0 saturated carbocycles. The van der Waals surface area contributed by atoms with E-state index in [4.69, 9.17) is 11.6 Å². The van der Waals surface area contributed by atoms with Crippen LogP contribution in [-0.2, 0) is 0 Å². The first-order valence-electron chi connectivity index (χ1n) is 7.44. The van der Waals surface area contributed by atoms with Gasteiger partial charge in [-0.25, -0.2) is 4.39 Å². The molecular formula is C16H22ClFN2. The third kappa shape index (κ3) is 2.47. The normalized spacial score (nSPS) is 31.5. The first-order valence-corrected chi connectivity index (χ1v) is 7.82. The maximum absolute atomic E-state index is 14.2. The molecule has 2 aliphatic heterocycles. The third-order valence-corrected chi connectivity index (χ3v) is 5.45. The highest BCUT2D eigenvalue weighted by atomic mass is 35.5. The Morgan fingerprint density at radius 2 is 1.95 bits per heavy atom. The Labute approximate surface area is 125 Å². The van der Waals surface area contributed by atoms with E-state index in [-0.39, 0.29) is 11.9 Å². The largest absolute Gasteiger partial charge is 0.313 e. The second-order valence-electron chi connectivity index (χ2n) is 6.21. The Morgan fingerprint density at radius 1 is 1.30 bits per heavy atom. The Kier molecular flexibility index (Phi) is 4.02. The summed E-state index contributed by atoms with van der Waals surface area (Å²) in [5, 5.41) is 3.79. The van der Waals surface area contributed by atoms with Crippen LogP contribution in [0.4, 0.5) is 4.39 Å². The van der Waals surface area contributed by atoms with Gasteiger partial charge in [-0.2, -0.15) is 0 Å². The summed E-state index contributed by atoms with van der Waals surface area (Å²) >= 11 is 5.86. The molecule has 2 saturated heterocycles. The molecule has 2 aliphatic rings. The second-order valence-corrected chi connectivity index (χ2v) is 6.65. The lowest BCUT2D eigenvalue weighted by Crippen LogP contribution is -2.43. The smallest absolute Gasteiger partial charge is 0.129 e. The number of hydrogen-bond acceptors (Lipinski definition) is 2. The summed E-state index contributed by atoms with van der Waals surface area (Å²) in [6.45, 7) is 0. The van der Waals surface area contributed by atoms with Gasteiger partial charge in [0.2, 0.25) is 0 Å². The van der Waals surface area contributed by atoms with Crippen molar-refractivity contribution in [3.8, 4) is 0 Å². The van der Waals surface area contributed by atoms with Crippen molar-refractivity contribution in [1.29, 1.82) is 0 Å². The lowest BCUT2D eigenvalue weighted by atomic mass is 9.82. The summed E-state index contributed by atoms with van der Waals surface area (Å²) in [5.74, 6) is 0.313. The van der Waals surface area contributed by atoms with Crippen molar-refractivity contribution in [2.75, 3.05) is 14.1 Å². The molecular weight excluding hydrogens is 275 g/mol. The number of rotatable bonds is 3. The summed E-state index contributed by atoms with van der Waals surface area (Å²) in [7, 11) is 4.16. The van der Waals surface area contributed by atoms with E-state index < -0.39 is 0 Å². The molecule has 1 aromatic rings. The van der Waals surface area contributed by atoms with Crippen molar-refractivity contribution in [2.45, 2.75) is 43.8 Å². The molecule has 0 radical (unpaired) electrons. The minimum Gasteiger partial charge on any atom is -0.313 e. The summed E-state index contributed by atoms with van der Waals surface area (Å²) in [4.78, 5) is 2.52. The number of piperidine rings is 1. The van der Waals surface area contributed by atoms with E-state index in [0.717, 1.165) is 18.4 Å². The van der Waals surface area contributed by atoms with Crippen molar-refractivity contribution < 1.29 is 4.39 Å². The zero-order chi connectivity index (χ0) is 14.3. The highest BCUT2D eigenvalue weighted by Crippen LogP contribution is 2.42. The van der Waals surface area contributed by atoms with Gasteiger partial charge in [-0.1, -0.05) is 17.7 Å². The first kappa shape index (κ1) is 14.3. The van der Waals surface area contributed by atoms with Gasteiger partial charge in [0.05, 0.1) is 0 Å². The fraction of sp³-hybridized carbons (Fsp3) is 0.625. The van der Waals surface area contributed by atoms with Crippen LogP contribution in [0.5, 0.6) is 0 Å². The predicted octanol–water partition coefficient (Wildman–Crippen LogP) is 3.61. The lowest BCUT2D eigenvalue weighted by molar-refractivity contribution is 0.113. The quantitative estimate of drug-likeness (QED) is 0.916. The zero-order valence-corrected chi connectivity index (χ0v) is 12.8. The maximum atomic E-state index is 14.2. The van der Waals surface area contributed by atoms with Gasteiger partial charge in [-0.3, -0.25) is 0 Å². The topological polar surface area (TPSA) is 15.3 Å². The van der Waals surface area contributed by atoms with Crippen molar-refractivity contribution in [2.24, 2.45) is 5.92 Å². The van der Waals surface area contributed by atoms with Crippen LogP contribution in [0.1, 0.15) is 37.3 Å². The molecule has 0 aromatic heterocycles.